The van der Waals surface area contributed by atoms with Gasteiger partial charge in [0.25, 0.3) is 10.2 Å². The molecule has 0 aromatic heterocycles. The van der Waals surface area contributed by atoms with E-state index in [4.69, 9.17) is 5.26 Å². The Morgan fingerprint density at radius 1 is 1.37 bits per heavy atom. The van der Waals surface area contributed by atoms with Crippen molar-refractivity contribution < 1.29 is 21.6 Å². The van der Waals surface area contributed by atoms with Gasteiger partial charge >= 0.3 is 6.18 Å². The van der Waals surface area contributed by atoms with Crippen molar-refractivity contribution in [2.24, 2.45) is 5.92 Å². The summed E-state index contributed by atoms with van der Waals surface area (Å²) < 4.78 is 62.4. The molecule has 0 saturated heterocycles. The Morgan fingerprint density at radius 2 is 1.89 bits per heavy atom. The molecule has 0 unspecified atom stereocenters. The first-order chi connectivity index (χ1) is 8.58. The first-order valence-electron chi connectivity index (χ1n) is 5.84. The maximum absolute atomic E-state index is 12.0. The first-order valence-corrected chi connectivity index (χ1v) is 7.32. The molecule has 1 aliphatic carbocycles. The Hall–Kier alpha value is -0.850. The lowest BCUT2D eigenvalue weighted by Crippen LogP contribution is -2.54. The lowest BCUT2D eigenvalue weighted by molar-refractivity contribution is -0.121. The van der Waals surface area contributed by atoms with Gasteiger partial charge in [0, 0.05) is 0 Å². The van der Waals surface area contributed by atoms with Crippen LogP contribution in [0.2, 0.25) is 0 Å². The van der Waals surface area contributed by atoms with E-state index in [0.717, 1.165) is 0 Å². The van der Waals surface area contributed by atoms with Gasteiger partial charge in [-0.2, -0.15) is 36.3 Å². The summed E-state index contributed by atoms with van der Waals surface area (Å²) in [6, 6.07) is 1.88. The molecule has 0 heterocycles. The highest BCUT2D eigenvalue weighted by molar-refractivity contribution is 7.87. The molecule has 0 amide bonds. The zero-order valence-electron chi connectivity index (χ0n) is 10.4. The van der Waals surface area contributed by atoms with Gasteiger partial charge in [-0.1, -0.05) is 6.92 Å². The minimum atomic E-state index is -4.63. The summed E-state index contributed by atoms with van der Waals surface area (Å²) in [5, 5.41) is 9.09. The predicted molar refractivity (Wildman–Crippen MR) is 62.1 cm³/mol. The van der Waals surface area contributed by atoms with Crippen molar-refractivity contribution in [2.75, 3.05) is 6.54 Å². The van der Waals surface area contributed by atoms with E-state index in [9.17, 15) is 21.6 Å². The first kappa shape index (κ1) is 16.2. The highest BCUT2D eigenvalue weighted by Crippen LogP contribution is 2.31. The van der Waals surface area contributed by atoms with Crippen molar-refractivity contribution in [2.45, 2.75) is 44.3 Å². The van der Waals surface area contributed by atoms with E-state index in [2.05, 4.69) is 4.72 Å². The molecule has 5 nitrogen and oxygen atoms in total. The van der Waals surface area contributed by atoms with Gasteiger partial charge in [0.1, 0.15) is 12.1 Å². The summed E-state index contributed by atoms with van der Waals surface area (Å²) in [6.45, 7) is 0.331. The number of halogens is 3. The van der Waals surface area contributed by atoms with E-state index in [1.807, 2.05) is 13.0 Å². The topological polar surface area (TPSA) is 82.0 Å². The number of hydrogen-bond acceptors (Lipinski definition) is 3. The Balaban J connectivity index is 2.68. The highest BCUT2D eigenvalue weighted by atomic mass is 32.2. The fraction of sp³-hybridized carbons (Fsp3) is 0.900. The SMILES string of the molecule is CC1CCC(C#N)(NS(=O)(=O)NCC(F)(F)F)CC1. The minimum absolute atomic E-state index is 0.303. The molecule has 1 aliphatic rings. The molecule has 19 heavy (non-hydrogen) atoms. The summed E-state index contributed by atoms with van der Waals surface area (Å²) in [6.07, 6.45) is -2.70. The third-order valence-corrected chi connectivity index (χ3v) is 4.32. The lowest BCUT2D eigenvalue weighted by Gasteiger charge is -2.33. The quantitative estimate of drug-likeness (QED) is 0.824. The fourth-order valence-electron chi connectivity index (χ4n) is 1.96. The zero-order chi connectivity index (χ0) is 14.7. The zero-order valence-corrected chi connectivity index (χ0v) is 11.2. The highest BCUT2D eigenvalue weighted by Gasteiger charge is 2.39. The number of nitriles is 1. The molecule has 1 fully saturated rings. The van der Waals surface area contributed by atoms with Crippen molar-refractivity contribution in [1.82, 2.24) is 9.44 Å². The van der Waals surface area contributed by atoms with Gasteiger partial charge in [-0.15, -0.1) is 0 Å². The number of alkyl halides is 3. The largest absolute Gasteiger partial charge is 0.402 e. The molecule has 0 bridgehead atoms. The van der Waals surface area contributed by atoms with Crippen LogP contribution in [0.4, 0.5) is 13.2 Å². The van der Waals surface area contributed by atoms with E-state index in [0.29, 0.717) is 31.6 Å². The lowest BCUT2D eigenvalue weighted by atomic mass is 9.79. The second kappa shape index (κ2) is 5.64. The maximum Gasteiger partial charge on any atom is 0.402 e. The number of nitrogens with one attached hydrogen (secondary N) is 2. The van der Waals surface area contributed by atoms with Crippen LogP contribution in [0.25, 0.3) is 0 Å². The summed E-state index contributed by atoms with van der Waals surface area (Å²) >= 11 is 0. The summed E-state index contributed by atoms with van der Waals surface area (Å²) in [7, 11) is -4.34. The molecule has 0 radical (unpaired) electrons. The smallest absolute Gasteiger partial charge is 0.196 e. The number of rotatable bonds is 4. The average Bonchev–Trinajstić information content (AvgIpc) is 2.29. The van der Waals surface area contributed by atoms with Crippen LogP contribution in [0.5, 0.6) is 0 Å². The van der Waals surface area contributed by atoms with Gasteiger partial charge in [0.2, 0.25) is 0 Å². The van der Waals surface area contributed by atoms with Crippen LogP contribution >= 0.6 is 0 Å². The Bertz CT molecular complexity index is 448. The molecule has 110 valence electrons. The molecular weight excluding hydrogens is 283 g/mol. The summed E-state index contributed by atoms with van der Waals surface area (Å²) in [5.41, 5.74) is -1.30. The summed E-state index contributed by atoms with van der Waals surface area (Å²) in [5.74, 6) is 0.383. The van der Waals surface area contributed by atoms with Crippen LogP contribution in [0.15, 0.2) is 0 Å². The predicted octanol–water partition coefficient (Wildman–Crippen LogP) is 1.45. The number of hydrogen-bond donors (Lipinski definition) is 2. The Morgan fingerprint density at radius 3 is 2.32 bits per heavy atom. The molecule has 0 aliphatic heterocycles. The van der Waals surface area contributed by atoms with E-state index < -0.39 is 28.5 Å². The minimum Gasteiger partial charge on any atom is -0.196 e. The van der Waals surface area contributed by atoms with Crippen molar-refractivity contribution in [3.05, 3.63) is 0 Å². The van der Waals surface area contributed by atoms with E-state index >= 15 is 0 Å². The van der Waals surface area contributed by atoms with E-state index in [-0.39, 0.29) is 0 Å². The van der Waals surface area contributed by atoms with Crippen LogP contribution in [0.3, 0.4) is 0 Å². The monoisotopic (exact) mass is 299 g/mol. The molecule has 2 N–H and O–H groups in total. The second-order valence-electron chi connectivity index (χ2n) is 4.92. The van der Waals surface area contributed by atoms with Crippen molar-refractivity contribution in [3.8, 4) is 6.07 Å². The molecule has 0 atom stereocenters. The third kappa shape index (κ3) is 5.34. The molecular formula is C10H16F3N3O2S. The van der Waals surface area contributed by atoms with Gasteiger partial charge in [0.15, 0.2) is 0 Å². The van der Waals surface area contributed by atoms with Crippen LogP contribution in [0, 0.1) is 17.2 Å². The van der Waals surface area contributed by atoms with Gasteiger partial charge in [-0.05, 0) is 31.6 Å². The van der Waals surface area contributed by atoms with Crippen molar-refractivity contribution in [1.29, 1.82) is 5.26 Å². The third-order valence-electron chi connectivity index (χ3n) is 3.13. The molecule has 0 aromatic carbocycles. The van der Waals surface area contributed by atoms with Crippen molar-refractivity contribution >= 4 is 10.2 Å². The number of nitrogens with zero attached hydrogens (tertiary/aromatic N) is 1. The van der Waals surface area contributed by atoms with Crippen LogP contribution in [-0.4, -0.2) is 26.7 Å². The van der Waals surface area contributed by atoms with Crippen LogP contribution < -0.4 is 9.44 Å². The second-order valence-corrected chi connectivity index (χ2v) is 6.42. The van der Waals surface area contributed by atoms with Gasteiger partial charge in [0.05, 0.1) is 6.07 Å². The van der Waals surface area contributed by atoms with Crippen LogP contribution in [-0.2, 0) is 10.2 Å². The molecule has 9 heteroatoms. The Kier molecular flexibility index (Phi) is 4.81. The van der Waals surface area contributed by atoms with Gasteiger partial charge in [-0.3, -0.25) is 0 Å². The van der Waals surface area contributed by atoms with Gasteiger partial charge in [-0.25, -0.2) is 0 Å². The molecule has 0 aromatic rings. The molecule has 1 saturated carbocycles. The van der Waals surface area contributed by atoms with Gasteiger partial charge < -0.3 is 0 Å². The molecule has 0 spiro atoms. The normalized spacial score (nSPS) is 28.9. The van der Waals surface area contributed by atoms with E-state index in [1.54, 1.807) is 0 Å². The maximum atomic E-state index is 12.0. The van der Waals surface area contributed by atoms with Crippen LogP contribution in [0.1, 0.15) is 32.6 Å². The van der Waals surface area contributed by atoms with Crippen molar-refractivity contribution in [3.63, 3.8) is 0 Å². The Labute approximate surface area is 110 Å². The molecule has 1 rings (SSSR count). The standard InChI is InChI=1S/C10H16F3N3O2S/c1-8-2-4-9(6-14,5-3-8)16-19(17,18)15-7-10(11,12)13/h8,15-16H,2-5,7H2,1H3. The van der Waals surface area contributed by atoms with E-state index in [1.165, 1.54) is 4.72 Å². The average molecular weight is 299 g/mol. The fourth-order valence-corrected chi connectivity index (χ4v) is 3.15. The summed E-state index contributed by atoms with van der Waals surface area (Å²) in [4.78, 5) is 0.